The third-order valence-corrected chi connectivity index (χ3v) is 3.35. The fourth-order valence-electron chi connectivity index (χ4n) is 0.945. The van der Waals surface area contributed by atoms with Gasteiger partial charge in [-0.1, -0.05) is 5.21 Å². The molecular formula is C6H13N4O3P. The zero-order valence-electron chi connectivity index (χ0n) is 8.13. The van der Waals surface area contributed by atoms with Crippen molar-refractivity contribution in [3.05, 3.63) is 5.82 Å². The molecule has 0 aliphatic rings. The summed E-state index contributed by atoms with van der Waals surface area (Å²) in [6, 6.07) is 0. The van der Waals surface area contributed by atoms with Gasteiger partial charge < -0.3 is 9.05 Å². The molecule has 7 nitrogen and oxygen atoms in total. The van der Waals surface area contributed by atoms with Gasteiger partial charge >= 0.3 is 7.60 Å². The minimum atomic E-state index is -3.09. The molecule has 0 bridgehead atoms. The SMILES string of the molecule is CCOP(=O)(Cc1nn[nH]n1)OCC. The fourth-order valence-corrected chi connectivity index (χ4v) is 2.47. The summed E-state index contributed by atoms with van der Waals surface area (Å²) in [5, 5.41) is 13.0. The van der Waals surface area contributed by atoms with Crippen molar-refractivity contribution in [1.82, 2.24) is 20.6 Å². The van der Waals surface area contributed by atoms with E-state index in [-0.39, 0.29) is 6.16 Å². The molecule has 1 rings (SSSR count). The molecule has 0 saturated carbocycles. The maximum atomic E-state index is 11.9. The molecule has 1 heterocycles. The first kappa shape index (κ1) is 11.3. The van der Waals surface area contributed by atoms with E-state index >= 15 is 0 Å². The molecule has 0 radical (unpaired) electrons. The Kier molecular flexibility index (Phi) is 4.19. The lowest BCUT2D eigenvalue weighted by Gasteiger charge is -2.14. The first-order valence-corrected chi connectivity index (χ1v) is 6.03. The number of nitrogens with zero attached hydrogens (tertiary/aromatic N) is 3. The van der Waals surface area contributed by atoms with Crippen LogP contribution in [0, 0.1) is 0 Å². The second-order valence-corrected chi connectivity index (χ2v) is 4.49. The smallest absolute Gasteiger partial charge is 0.309 e. The molecule has 0 spiro atoms. The number of aromatic amines is 1. The van der Waals surface area contributed by atoms with Gasteiger partial charge in [-0.3, -0.25) is 4.57 Å². The Morgan fingerprint density at radius 2 is 2.00 bits per heavy atom. The van der Waals surface area contributed by atoms with Gasteiger partial charge in [0, 0.05) is 0 Å². The fraction of sp³-hybridized carbons (Fsp3) is 0.833. The molecule has 80 valence electrons. The van der Waals surface area contributed by atoms with Crippen LogP contribution in [-0.4, -0.2) is 33.8 Å². The molecule has 0 aliphatic heterocycles. The minimum absolute atomic E-state index is 0.0468. The Morgan fingerprint density at radius 3 is 2.43 bits per heavy atom. The van der Waals surface area contributed by atoms with Crippen LogP contribution in [0.2, 0.25) is 0 Å². The molecule has 0 unspecified atom stereocenters. The van der Waals surface area contributed by atoms with Crippen LogP contribution in [0.1, 0.15) is 19.7 Å². The zero-order valence-corrected chi connectivity index (χ0v) is 9.03. The predicted molar refractivity (Wildman–Crippen MR) is 48.7 cm³/mol. The Hall–Kier alpha value is -0.780. The minimum Gasteiger partial charge on any atom is -0.309 e. The number of hydrogen-bond acceptors (Lipinski definition) is 6. The van der Waals surface area contributed by atoms with E-state index < -0.39 is 7.60 Å². The lowest BCUT2D eigenvalue weighted by atomic mass is 10.8. The van der Waals surface area contributed by atoms with Crippen molar-refractivity contribution in [2.45, 2.75) is 20.0 Å². The van der Waals surface area contributed by atoms with Crippen molar-refractivity contribution in [1.29, 1.82) is 0 Å². The monoisotopic (exact) mass is 220 g/mol. The molecule has 0 aliphatic carbocycles. The van der Waals surface area contributed by atoms with E-state index in [0.29, 0.717) is 19.0 Å². The van der Waals surface area contributed by atoms with E-state index in [0.717, 1.165) is 0 Å². The predicted octanol–water partition coefficient (Wildman–Crippen LogP) is 0.966. The maximum Gasteiger partial charge on any atom is 0.338 e. The Bertz CT molecular complexity index is 292. The topological polar surface area (TPSA) is 90.0 Å². The van der Waals surface area contributed by atoms with Gasteiger partial charge in [0.05, 0.1) is 13.2 Å². The molecule has 8 heteroatoms. The summed E-state index contributed by atoms with van der Waals surface area (Å²) in [4.78, 5) is 0. The van der Waals surface area contributed by atoms with Crippen LogP contribution in [0.4, 0.5) is 0 Å². The van der Waals surface area contributed by atoms with Crippen LogP contribution in [0.25, 0.3) is 0 Å². The summed E-state index contributed by atoms with van der Waals surface area (Å²) in [6.45, 7) is 4.16. The molecule has 0 saturated heterocycles. The molecular weight excluding hydrogens is 207 g/mol. The van der Waals surface area contributed by atoms with Crippen LogP contribution < -0.4 is 0 Å². The second-order valence-electron chi connectivity index (χ2n) is 2.43. The van der Waals surface area contributed by atoms with Crippen LogP contribution in [-0.2, 0) is 19.8 Å². The van der Waals surface area contributed by atoms with E-state index in [2.05, 4.69) is 20.6 Å². The lowest BCUT2D eigenvalue weighted by molar-refractivity contribution is 0.218. The summed E-state index contributed by atoms with van der Waals surface area (Å²) in [5.74, 6) is 0.329. The van der Waals surface area contributed by atoms with Crippen molar-refractivity contribution in [3.63, 3.8) is 0 Å². The van der Waals surface area contributed by atoms with Crippen molar-refractivity contribution >= 4 is 7.60 Å². The van der Waals surface area contributed by atoms with Crippen LogP contribution in [0.3, 0.4) is 0 Å². The zero-order chi connectivity index (χ0) is 10.4. The van der Waals surface area contributed by atoms with Gasteiger partial charge in [-0.15, -0.1) is 10.2 Å². The Balaban J connectivity index is 2.64. The van der Waals surface area contributed by atoms with Gasteiger partial charge in [0.1, 0.15) is 6.16 Å². The number of tetrazole rings is 1. The maximum absolute atomic E-state index is 11.9. The Labute approximate surface area is 81.7 Å². The largest absolute Gasteiger partial charge is 0.338 e. The molecule has 1 aromatic heterocycles. The van der Waals surface area contributed by atoms with Crippen molar-refractivity contribution in [2.75, 3.05) is 13.2 Å². The third kappa shape index (κ3) is 3.17. The van der Waals surface area contributed by atoms with E-state index in [1.165, 1.54) is 0 Å². The number of hydrogen-bond donors (Lipinski definition) is 1. The highest BCUT2D eigenvalue weighted by atomic mass is 31.2. The summed E-state index contributed by atoms with van der Waals surface area (Å²) in [5.41, 5.74) is 0. The molecule has 14 heavy (non-hydrogen) atoms. The molecule has 0 aromatic carbocycles. The first-order chi connectivity index (χ1) is 6.70. The molecule has 0 fully saturated rings. The second kappa shape index (κ2) is 5.19. The van der Waals surface area contributed by atoms with Crippen molar-refractivity contribution in [3.8, 4) is 0 Å². The highest BCUT2D eigenvalue weighted by molar-refractivity contribution is 7.52. The average molecular weight is 220 g/mol. The normalized spacial score (nSPS) is 11.9. The van der Waals surface area contributed by atoms with Crippen molar-refractivity contribution < 1.29 is 13.6 Å². The van der Waals surface area contributed by atoms with Gasteiger partial charge in [0.2, 0.25) is 0 Å². The lowest BCUT2D eigenvalue weighted by Crippen LogP contribution is -2.00. The van der Waals surface area contributed by atoms with Crippen LogP contribution in [0.15, 0.2) is 0 Å². The Morgan fingerprint density at radius 1 is 1.36 bits per heavy atom. The molecule has 1 aromatic rings. The highest BCUT2D eigenvalue weighted by Crippen LogP contribution is 2.50. The molecule has 0 atom stereocenters. The third-order valence-electron chi connectivity index (χ3n) is 1.38. The number of H-pyrrole nitrogens is 1. The number of nitrogens with one attached hydrogen (secondary N) is 1. The van der Waals surface area contributed by atoms with E-state index in [1.807, 2.05) is 0 Å². The van der Waals surface area contributed by atoms with E-state index in [1.54, 1.807) is 13.8 Å². The quantitative estimate of drug-likeness (QED) is 0.718. The highest BCUT2D eigenvalue weighted by Gasteiger charge is 2.26. The summed E-state index contributed by atoms with van der Waals surface area (Å²) >= 11 is 0. The van der Waals surface area contributed by atoms with Gasteiger partial charge in [-0.25, -0.2) is 0 Å². The van der Waals surface area contributed by atoms with Crippen molar-refractivity contribution in [2.24, 2.45) is 0 Å². The van der Waals surface area contributed by atoms with Gasteiger partial charge in [0.15, 0.2) is 5.82 Å². The number of aromatic nitrogens is 4. The van der Waals surface area contributed by atoms with Gasteiger partial charge in [-0.05, 0) is 13.8 Å². The van der Waals surface area contributed by atoms with Crippen LogP contribution in [0.5, 0.6) is 0 Å². The van der Waals surface area contributed by atoms with E-state index in [4.69, 9.17) is 9.05 Å². The average Bonchev–Trinajstić information content (AvgIpc) is 2.57. The summed E-state index contributed by atoms with van der Waals surface area (Å²) in [6.07, 6.45) is 0.0468. The van der Waals surface area contributed by atoms with Gasteiger partial charge in [0.25, 0.3) is 0 Å². The number of rotatable bonds is 6. The summed E-state index contributed by atoms with van der Waals surface area (Å²) in [7, 11) is -3.09. The molecule has 0 amide bonds. The summed E-state index contributed by atoms with van der Waals surface area (Å²) < 4.78 is 22.0. The van der Waals surface area contributed by atoms with Crippen LogP contribution >= 0.6 is 7.60 Å². The molecule has 1 N–H and O–H groups in total. The standard InChI is InChI=1S/C6H13N4O3P/c1-3-12-14(11,13-4-2)5-6-7-9-10-8-6/h3-5H2,1-2H3,(H,7,8,9,10). The van der Waals surface area contributed by atoms with Gasteiger partial charge in [-0.2, -0.15) is 5.21 Å². The first-order valence-electron chi connectivity index (χ1n) is 4.30. The van der Waals surface area contributed by atoms with E-state index in [9.17, 15) is 4.57 Å².